The molecule has 0 spiro atoms. The Morgan fingerprint density at radius 1 is 0.929 bits per heavy atom. The van der Waals surface area contributed by atoms with Crippen molar-refractivity contribution in [2.24, 2.45) is 0 Å². The molecule has 0 bridgehead atoms. The third-order valence-corrected chi connectivity index (χ3v) is 6.27. The van der Waals surface area contributed by atoms with Crippen LogP contribution < -0.4 is 5.32 Å². The number of hydrogen-bond acceptors (Lipinski definition) is 2. The molecule has 1 heterocycles. The number of hydrogen-bond donors (Lipinski definition) is 1. The molecular weight excluding hydrogens is 362 g/mol. The van der Waals surface area contributed by atoms with Gasteiger partial charge in [0.1, 0.15) is 0 Å². The topological polar surface area (TPSA) is 29.1 Å². The molecule has 3 heteroatoms. The van der Waals surface area contributed by atoms with E-state index in [1.165, 1.54) is 16.5 Å². The standard InChI is InChI=1S/C25H23NOS/c1-17-12-14-19(15-13-17)16-22-21-10-6-7-11-23(21)28-24(22)25(27)26-18(2)20-8-4-3-5-9-20/h3-15,18H,16H2,1-2H3,(H,26,27). The second kappa shape index (κ2) is 7.99. The lowest BCUT2D eigenvalue weighted by Crippen LogP contribution is -2.26. The number of rotatable bonds is 5. The molecule has 0 aliphatic carbocycles. The summed E-state index contributed by atoms with van der Waals surface area (Å²) < 4.78 is 1.15. The van der Waals surface area contributed by atoms with E-state index in [9.17, 15) is 4.79 Å². The largest absolute Gasteiger partial charge is 0.345 e. The van der Waals surface area contributed by atoms with Gasteiger partial charge in [0.25, 0.3) is 5.91 Å². The van der Waals surface area contributed by atoms with Gasteiger partial charge in [-0.1, -0.05) is 78.4 Å². The van der Waals surface area contributed by atoms with Crippen LogP contribution in [0.4, 0.5) is 0 Å². The van der Waals surface area contributed by atoms with Gasteiger partial charge < -0.3 is 5.32 Å². The maximum Gasteiger partial charge on any atom is 0.262 e. The number of aryl methyl sites for hydroxylation is 1. The first-order valence-electron chi connectivity index (χ1n) is 9.53. The van der Waals surface area contributed by atoms with Crippen molar-refractivity contribution in [1.82, 2.24) is 5.32 Å². The molecule has 4 aromatic rings. The summed E-state index contributed by atoms with van der Waals surface area (Å²) in [5.41, 5.74) is 4.69. The lowest BCUT2D eigenvalue weighted by atomic mass is 10.0. The Kier molecular flexibility index (Phi) is 5.27. The fourth-order valence-electron chi connectivity index (χ4n) is 3.46. The molecule has 1 unspecified atom stereocenters. The third-order valence-electron chi connectivity index (χ3n) is 5.05. The molecule has 0 radical (unpaired) electrons. The first-order chi connectivity index (χ1) is 13.6. The Hall–Kier alpha value is -2.91. The first kappa shape index (κ1) is 18.5. The number of fused-ring (bicyclic) bond motifs is 1. The van der Waals surface area contributed by atoms with Crippen LogP contribution in [0.2, 0.25) is 0 Å². The third kappa shape index (κ3) is 3.85. The monoisotopic (exact) mass is 385 g/mol. The predicted molar refractivity (Wildman–Crippen MR) is 118 cm³/mol. The lowest BCUT2D eigenvalue weighted by molar-refractivity contribution is 0.0943. The van der Waals surface area contributed by atoms with E-state index in [4.69, 9.17) is 0 Å². The molecule has 4 rings (SSSR count). The molecule has 2 nitrogen and oxygen atoms in total. The maximum atomic E-state index is 13.2. The molecule has 0 saturated heterocycles. The number of benzene rings is 3. The second-order valence-electron chi connectivity index (χ2n) is 7.17. The molecule has 1 N–H and O–H groups in total. The van der Waals surface area contributed by atoms with Gasteiger partial charge in [0, 0.05) is 4.70 Å². The van der Waals surface area contributed by atoms with Crippen molar-refractivity contribution in [2.75, 3.05) is 0 Å². The van der Waals surface area contributed by atoms with E-state index < -0.39 is 0 Å². The van der Waals surface area contributed by atoms with Crippen molar-refractivity contribution in [1.29, 1.82) is 0 Å². The maximum absolute atomic E-state index is 13.2. The van der Waals surface area contributed by atoms with Crippen LogP contribution in [-0.4, -0.2) is 5.91 Å². The Bertz CT molecular complexity index is 1100. The first-order valence-corrected chi connectivity index (χ1v) is 10.4. The van der Waals surface area contributed by atoms with Gasteiger partial charge in [-0.25, -0.2) is 0 Å². The van der Waals surface area contributed by atoms with Gasteiger partial charge in [-0.15, -0.1) is 11.3 Å². The van der Waals surface area contributed by atoms with Gasteiger partial charge in [0.05, 0.1) is 10.9 Å². The fourth-order valence-corrected chi connectivity index (χ4v) is 4.58. The van der Waals surface area contributed by atoms with Crippen molar-refractivity contribution < 1.29 is 4.79 Å². The van der Waals surface area contributed by atoms with E-state index in [0.717, 1.165) is 27.1 Å². The summed E-state index contributed by atoms with van der Waals surface area (Å²) in [6.07, 6.45) is 0.757. The minimum atomic E-state index is -0.0360. The van der Waals surface area contributed by atoms with Crippen LogP contribution in [-0.2, 0) is 6.42 Å². The second-order valence-corrected chi connectivity index (χ2v) is 8.23. The molecule has 140 valence electrons. The highest BCUT2D eigenvalue weighted by molar-refractivity contribution is 7.21. The highest BCUT2D eigenvalue weighted by Gasteiger charge is 2.20. The van der Waals surface area contributed by atoms with Crippen LogP contribution in [0.15, 0.2) is 78.9 Å². The smallest absolute Gasteiger partial charge is 0.262 e. The van der Waals surface area contributed by atoms with Gasteiger partial charge in [0.15, 0.2) is 0 Å². The lowest BCUT2D eigenvalue weighted by Gasteiger charge is -2.14. The van der Waals surface area contributed by atoms with Gasteiger partial charge in [0.2, 0.25) is 0 Å². The molecule has 1 aromatic heterocycles. The number of carbonyl (C=O) groups excluding carboxylic acids is 1. The molecule has 1 atom stereocenters. The normalized spacial score (nSPS) is 12.1. The SMILES string of the molecule is Cc1ccc(Cc2c(C(=O)NC(C)c3ccccc3)sc3ccccc23)cc1. The van der Waals surface area contributed by atoms with Crippen molar-refractivity contribution in [3.05, 3.63) is 106 Å². The van der Waals surface area contributed by atoms with Gasteiger partial charge in [-0.2, -0.15) is 0 Å². The highest BCUT2D eigenvalue weighted by atomic mass is 32.1. The summed E-state index contributed by atoms with van der Waals surface area (Å²) >= 11 is 1.58. The molecular formula is C25H23NOS. The summed E-state index contributed by atoms with van der Waals surface area (Å²) in [4.78, 5) is 14.0. The van der Waals surface area contributed by atoms with Gasteiger partial charge in [-0.3, -0.25) is 4.79 Å². The zero-order valence-corrected chi connectivity index (χ0v) is 16.9. The van der Waals surface area contributed by atoms with Crippen molar-refractivity contribution >= 4 is 27.3 Å². The quantitative estimate of drug-likeness (QED) is 0.430. The van der Waals surface area contributed by atoms with E-state index in [1.54, 1.807) is 11.3 Å². The van der Waals surface area contributed by atoms with E-state index in [1.807, 2.05) is 49.4 Å². The van der Waals surface area contributed by atoms with Crippen molar-refractivity contribution in [3.8, 4) is 0 Å². The van der Waals surface area contributed by atoms with E-state index >= 15 is 0 Å². The molecule has 0 aliphatic heterocycles. The Labute approximate surface area is 169 Å². The van der Waals surface area contributed by atoms with Gasteiger partial charge in [-0.05, 0) is 48.4 Å². The van der Waals surface area contributed by atoms with Crippen LogP contribution in [0.3, 0.4) is 0 Å². The summed E-state index contributed by atoms with van der Waals surface area (Å²) in [6, 6.07) is 26.9. The average molecular weight is 386 g/mol. The Morgan fingerprint density at radius 3 is 2.36 bits per heavy atom. The van der Waals surface area contributed by atoms with Gasteiger partial charge >= 0.3 is 0 Å². The number of carbonyl (C=O) groups is 1. The molecule has 0 fully saturated rings. The van der Waals surface area contributed by atoms with Crippen molar-refractivity contribution in [3.63, 3.8) is 0 Å². The molecule has 28 heavy (non-hydrogen) atoms. The zero-order chi connectivity index (χ0) is 19.5. The van der Waals surface area contributed by atoms with Crippen LogP contribution >= 0.6 is 11.3 Å². The van der Waals surface area contributed by atoms with Crippen LogP contribution in [0, 0.1) is 6.92 Å². The van der Waals surface area contributed by atoms with E-state index in [-0.39, 0.29) is 11.9 Å². The van der Waals surface area contributed by atoms with Crippen LogP contribution in [0.1, 0.15) is 44.9 Å². The fraction of sp³-hybridized carbons (Fsp3) is 0.160. The molecule has 1 amide bonds. The number of nitrogens with one attached hydrogen (secondary N) is 1. The van der Waals surface area contributed by atoms with Crippen LogP contribution in [0.25, 0.3) is 10.1 Å². The van der Waals surface area contributed by atoms with Crippen molar-refractivity contribution in [2.45, 2.75) is 26.3 Å². The minimum Gasteiger partial charge on any atom is -0.345 e. The average Bonchev–Trinajstić information content (AvgIpc) is 3.09. The minimum absolute atomic E-state index is 0.000310. The van der Waals surface area contributed by atoms with Crippen LogP contribution in [0.5, 0.6) is 0 Å². The number of thiophene rings is 1. The highest BCUT2D eigenvalue weighted by Crippen LogP contribution is 2.33. The zero-order valence-electron chi connectivity index (χ0n) is 16.1. The summed E-state index contributed by atoms with van der Waals surface area (Å²) in [6.45, 7) is 4.12. The predicted octanol–water partition coefficient (Wildman–Crippen LogP) is 6.29. The van der Waals surface area contributed by atoms with E-state index in [2.05, 4.69) is 48.6 Å². The Morgan fingerprint density at radius 2 is 1.61 bits per heavy atom. The molecule has 3 aromatic carbocycles. The Balaban J connectivity index is 1.67. The van der Waals surface area contributed by atoms with E-state index in [0.29, 0.717) is 0 Å². The molecule has 0 aliphatic rings. The summed E-state index contributed by atoms with van der Waals surface area (Å²) in [7, 11) is 0. The number of amides is 1. The summed E-state index contributed by atoms with van der Waals surface area (Å²) in [5, 5.41) is 4.35. The summed E-state index contributed by atoms with van der Waals surface area (Å²) in [5.74, 6) is -0.000310. The molecule has 0 saturated carbocycles.